The maximum Gasteiger partial charge on any atom is 0.416 e. The van der Waals surface area contributed by atoms with Crippen molar-refractivity contribution in [1.29, 1.82) is 0 Å². The molecule has 0 saturated heterocycles. The average molecular weight is 277 g/mol. The SMILES string of the molecule is CSC(=O)C(c1cccc(C(F)(F)F)c1)N(C)C. The summed E-state index contributed by atoms with van der Waals surface area (Å²) in [7, 11) is 3.33. The molecule has 0 saturated carbocycles. The number of nitrogens with zero attached hydrogens (tertiary/aromatic N) is 1. The highest BCUT2D eigenvalue weighted by atomic mass is 32.2. The minimum atomic E-state index is -4.39. The number of halogens is 3. The van der Waals surface area contributed by atoms with Gasteiger partial charge in [0.05, 0.1) is 5.56 Å². The summed E-state index contributed by atoms with van der Waals surface area (Å²) in [6, 6.07) is 4.22. The van der Waals surface area contributed by atoms with Crippen LogP contribution in [0.15, 0.2) is 24.3 Å². The van der Waals surface area contributed by atoms with Crippen LogP contribution in [0.2, 0.25) is 0 Å². The number of rotatable bonds is 3. The Kier molecular flexibility index (Phi) is 4.81. The Morgan fingerprint density at radius 1 is 1.33 bits per heavy atom. The van der Waals surface area contributed by atoms with Gasteiger partial charge in [0.25, 0.3) is 0 Å². The topological polar surface area (TPSA) is 20.3 Å². The van der Waals surface area contributed by atoms with Gasteiger partial charge in [0, 0.05) is 0 Å². The molecule has 0 heterocycles. The van der Waals surface area contributed by atoms with Crippen molar-refractivity contribution in [3.63, 3.8) is 0 Å². The highest BCUT2D eigenvalue weighted by molar-refractivity contribution is 8.13. The Morgan fingerprint density at radius 3 is 2.39 bits per heavy atom. The van der Waals surface area contributed by atoms with E-state index in [4.69, 9.17) is 0 Å². The summed E-state index contributed by atoms with van der Waals surface area (Å²) in [6.07, 6.45) is -2.78. The van der Waals surface area contributed by atoms with Crippen LogP contribution in [0.4, 0.5) is 13.2 Å². The summed E-state index contributed by atoms with van der Waals surface area (Å²) in [5, 5.41) is -0.181. The summed E-state index contributed by atoms with van der Waals surface area (Å²) < 4.78 is 37.8. The maximum absolute atomic E-state index is 12.6. The number of benzene rings is 1. The van der Waals surface area contributed by atoms with Gasteiger partial charge in [-0.2, -0.15) is 13.2 Å². The first-order valence-electron chi connectivity index (χ1n) is 5.18. The van der Waals surface area contributed by atoms with Crippen molar-refractivity contribution < 1.29 is 18.0 Å². The molecular weight excluding hydrogens is 263 g/mol. The van der Waals surface area contributed by atoms with Gasteiger partial charge in [-0.3, -0.25) is 9.69 Å². The van der Waals surface area contributed by atoms with E-state index in [2.05, 4.69) is 0 Å². The zero-order valence-corrected chi connectivity index (χ0v) is 11.1. The van der Waals surface area contributed by atoms with Gasteiger partial charge in [0.2, 0.25) is 5.12 Å². The molecule has 6 heteroatoms. The first-order chi connectivity index (χ1) is 8.27. The van der Waals surface area contributed by atoms with Crippen molar-refractivity contribution in [3.05, 3.63) is 35.4 Å². The number of hydrogen-bond acceptors (Lipinski definition) is 3. The first-order valence-corrected chi connectivity index (χ1v) is 6.41. The molecular formula is C12H14F3NOS. The number of likely N-dealkylation sites (N-methyl/N-ethyl adjacent to an activating group) is 1. The van der Waals surface area contributed by atoms with Gasteiger partial charge in [-0.15, -0.1) is 0 Å². The third-order valence-corrected chi connectivity index (χ3v) is 3.10. The van der Waals surface area contributed by atoms with Crippen LogP contribution in [-0.2, 0) is 11.0 Å². The first kappa shape index (κ1) is 15.0. The predicted octanol–water partition coefficient (Wildman–Crippen LogP) is 3.20. The quantitative estimate of drug-likeness (QED) is 0.846. The van der Waals surface area contributed by atoms with E-state index in [-0.39, 0.29) is 5.12 Å². The van der Waals surface area contributed by atoms with Gasteiger partial charge in [-0.05, 0) is 38.0 Å². The summed E-state index contributed by atoms with van der Waals surface area (Å²) in [4.78, 5) is 13.4. The highest BCUT2D eigenvalue weighted by Crippen LogP contribution is 2.32. The second-order valence-electron chi connectivity index (χ2n) is 4.01. The van der Waals surface area contributed by atoms with E-state index >= 15 is 0 Å². The van der Waals surface area contributed by atoms with E-state index in [0.29, 0.717) is 5.56 Å². The number of thioether (sulfide) groups is 1. The third kappa shape index (κ3) is 3.49. The second-order valence-corrected chi connectivity index (χ2v) is 4.82. The van der Waals surface area contributed by atoms with Crippen molar-refractivity contribution >= 4 is 16.9 Å². The fraction of sp³-hybridized carbons (Fsp3) is 0.417. The zero-order chi connectivity index (χ0) is 13.9. The molecule has 1 aromatic carbocycles. The van der Waals surface area contributed by atoms with Crippen molar-refractivity contribution in [2.45, 2.75) is 12.2 Å². The minimum Gasteiger partial charge on any atom is -0.295 e. The molecule has 0 fully saturated rings. The van der Waals surface area contributed by atoms with Crippen molar-refractivity contribution in [2.75, 3.05) is 20.4 Å². The van der Waals surface area contributed by atoms with Crippen LogP contribution >= 0.6 is 11.8 Å². The lowest BCUT2D eigenvalue weighted by Crippen LogP contribution is -2.26. The maximum atomic E-state index is 12.6. The lowest BCUT2D eigenvalue weighted by atomic mass is 10.0. The van der Waals surface area contributed by atoms with Gasteiger partial charge >= 0.3 is 6.18 Å². The average Bonchev–Trinajstić information content (AvgIpc) is 2.27. The molecule has 0 aliphatic heterocycles. The third-order valence-electron chi connectivity index (χ3n) is 2.47. The zero-order valence-electron chi connectivity index (χ0n) is 10.3. The van der Waals surface area contributed by atoms with E-state index in [9.17, 15) is 18.0 Å². The van der Waals surface area contributed by atoms with Crippen molar-refractivity contribution in [2.24, 2.45) is 0 Å². The molecule has 0 aromatic heterocycles. The van der Waals surface area contributed by atoms with Gasteiger partial charge in [0.1, 0.15) is 6.04 Å². The van der Waals surface area contributed by atoms with Crippen molar-refractivity contribution in [3.8, 4) is 0 Å². The van der Waals surface area contributed by atoms with Crippen LogP contribution in [0, 0.1) is 0 Å². The Hall–Kier alpha value is -1.01. The monoisotopic (exact) mass is 277 g/mol. The molecule has 0 radical (unpaired) electrons. The summed E-state index contributed by atoms with van der Waals surface area (Å²) >= 11 is 1.01. The van der Waals surface area contributed by atoms with Crippen molar-refractivity contribution in [1.82, 2.24) is 4.90 Å². The normalized spacial score (nSPS) is 13.7. The van der Waals surface area contributed by atoms with Crippen LogP contribution in [0.3, 0.4) is 0 Å². The number of carbonyl (C=O) groups excluding carboxylic acids is 1. The van der Waals surface area contributed by atoms with Gasteiger partial charge in [-0.25, -0.2) is 0 Å². The van der Waals surface area contributed by atoms with Crippen LogP contribution < -0.4 is 0 Å². The highest BCUT2D eigenvalue weighted by Gasteiger charge is 2.32. The Morgan fingerprint density at radius 2 is 1.94 bits per heavy atom. The number of hydrogen-bond donors (Lipinski definition) is 0. The molecule has 1 atom stereocenters. The molecule has 0 amide bonds. The van der Waals surface area contributed by atoms with E-state index in [1.165, 1.54) is 12.1 Å². The molecule has 1 rings (SSSR count). The minimum absolute atomic E-state index is 0.181. The largest absolute Gasteiger partial charge is 0.416 e. The Balaban J connectivity index is 3.18. The van der Waals surface area contributed by atoms with E-state index in [1.807, 2.05) is 0 Å². The lowest BCUT2D eigenvalue weighted by Gasteiger charge is -2.23. The summed E-state index contributed by atoms with van der Waals surface area (Å²) in [5.41, 5.74) is -0.380. The second kappa shape index (κ2) is 5.75. The molecule has 0 bridgehead atoms. The Bertz CT molecular complexity index is 432. The van der Waals surface area contributed by atoms with Crippen LogP contribution in [0.5, 0.6) is 0 Å². The van der Waals surface area contributed by atoms with E-state index in [0.717, 1.165) is 23.9 Å². The molecule has 100 valence electrons. The van der Waals surface area contributed by atoms with Crippen LogP contribution in [0.25, 0.3) is 0 Å². The van der Waals surface area contributed by atoms with Gasteiger partial charge in [-0.1, -0.05) is 23.9 Å². The summed E-state index contributed by atoms with van der Waals surface area (Å²) in [5.74, 6) is 0. The van der Waals surface area contributed by atoms with E-state index in [1.54, 1.807) is 25.3 Å². The fourth-order valence-electron chi connectivity index (χ4n) is 1.64. The lowest BCUT2D eigenvalue weighted by molar-refractivity contribution is -0.137. The molecule has 0 aliphatic carbocycles. The fourth-order valence-corrected chi connectivity index (χ4v) is 2.21. The molecule has 0 N–H and O–H groups in total. The molecule has 0 spiro atoms. The molecule has 18 heavy (non-hydrogen) atoms. The number of carbonyl (C=O) groups is 1. The molecule has 0 aliphatic rings. The summed E-state index contributed by atoms with van der Waals surface area (Å²) in [6.45, 7) is 0. The van der Waals surface area contributed by atoms with E-state index < -0.39 is 17.8 Å². The molecule has 1 aromatic rings. The standard InChI is InChI=1S/C12H14F3NOS/c1-16(2)10(11(17)18-3)8-5-4-6-9(7-8)12(13,14)15/h4-7,10H,1-3H3. The van der Waals surface area contributed by atoms with Gasteiger partial charge in [0.15, 0.2) is 0 Å². The molecule has 2 nitrogen and oxygen atoms in total. The number of alkyl halides is 3. The predicted molar refractivity (Wildman–Crippen MR) is 66.4 cm³/mol. The molecule has 1 unspecified atom stereocenters. The smallest absolute Gasteiger partial charge is 0.295 e. The Labute approximate surface area is 108 Å². The van der Waals surface area contributed by atoms with Crippen LogP contribution in [-0.4, -0.2) is 30.4 Å². The van der Waals surface area contributed by atoms with Gasteiger partial charge < -0.3 is 0 Å². The van der Waals surface area contributed by atoms with Crippen LogP contribution in [0.1, 0.15) is 17.2 Å².